The molecule has 3 heterocycles. The van der Waals surface area contributed by atoms with Crippen molar-refractivity contribution in [2.45, 2.75) is 43.2 Å². The van der Waals surface area contributed by atoms with Crippen LogP contribution in [0.4, 0.5) is 0 Å². The minimum absolute atomic E-state index is 0.000510. The fourth-order valence-corrected chi connectivity index (χ4v) is 2.81. The van der Waals surface area contributed by atoms with Crippen LogP contribution in [-0.2, 0) is 14.3 Å². The molecule has 1 aromatic heterocycles. The Labute approximate surface area is 122 Å². The number of H-pyrrole nitrogens is 1. The number of hydrogen-bond acceptors (Lipinski definition) is 7. The van der Waals surface area contributed by atoms with Crippen molar-refractivity contribution in [2.24, 2.45) is 0 Å². The maximum Gasteiger partial charge on any atom is 0.332 e. The second-order valence-corrected chi connectivity index (χ2v) is 5.25. The number of aromatic nitrogens is 2. The molecule has 120 valence electrons. The van der Waals surface area contributed by atoms with Gasteiger partial charge in [-0.3, -0.25) is 9.36 Å². The maximum absolute atomic E-state index is 11.8. The van der Waals surface area contributed by atoms with Crippen molar-refractivity contribution in [3.63, 3.8) is 0 Å². The maximum atomic E-state index is 11.8. The van der Waals surface area contributed by atoms with Crippen LogP contribution < -0.4 is 5.69 Å². The van der Waals surface area contributed by atoms with E-state index in [1.807, 2.05) is 0 Å². The van der Waals surface area contributed by atoms with Crippen molar-refractivity contribution in [3.8, 4) is 0 Å². The van der Waals surface area contributed by atoms with E-state index in [2.05, 4.69) is 4.98 Å². The number of fused-ring (bicyclic) bond motifs is 1. The summed E-state index contributed by atoms with van der Waals surface area (Å²) < 4.78 is 11.7. The van der Waals surface area contributed by atoms with Gasteiger partial charge in [-0.25, -0.2) is 9.59 Å². The Bertz CT molecular complexity index is 652. The van der Waals surface area contributed by atoms with E-state index in [-0.39, 0.29) is 12.1 Å². The quantitative estimate of drug-likeness (QED) is 0.461. The number of aliphatic hydroxyl groups excluding tert-OH is 2. The lowest BCUT2D eigenvalue weighted by molar-refractivity contribution is -0.187. The summed E-state index contributed by atoms with van der Waals surface area (Å²) in [6.07, 6.45) is -5.60. The molecule has 0 radical (unpaired) electrons. The first-order chi connectivity index (χ1) is 10.4. The molecule has 22 heavy (non-hydrogen) atoms. The highest BCUT2D eigenvalue weighted by Crippen LogP contribution is 2.37. The molecule has 0 aromatic carbocycles. The minimum Gasteiger partial charge on any atom is -0.479 e. The summed E-state index contributed by atoms with van der Waals surface area (Å²) in [5.41, 5.74) is -0.672. The summed E-state index contributed by atoms with van der Waals surface area (Å²) in [7, 11) is 0. The molecule has 2 aliphatic heterocycles. The van der Waals surface area contributed by atoms with Gasteiger partial charge in [0.15, 0.2) is 18.6 Å². The number of carboxylic acids is 1. The van der Waals surface area contributed by atoms with Gasteiger partial charge in [-0.15, -0.1) is 0 Å². The first-order valence-corrected chi connectivity index (χ1v) is 6.58. The summed E-state index contributed by atoms with van der Waals surface area (Å²) in [4.78, 5) is 35.7. The van der Waals surface area contributed by atoms with Gasteiger partial charge in [-0.05, 0) is 0 Å². The predicted molar refractivity (Wildman–Crippen MR) is 67.3 cm³/mol. The third-order valence-electron chi connectivity index (χ3n) is 3.85. The zero-order valence-electron chi connectivity index (χ0n) is 11.2. The Morgan fingerprint density at radius 3 is 2.68 bits per heavy atom. The number of carbonyl (C=O) groups excluding carboxylic acids is 1. The third kappa shape index (κ3) is 2.25. The number of aliphatic carboxylic acids is 1. The molecule has 2 fully saturated rings. The lowest BCUT2D eigenvalue weighted by Gasteiger charge is -2.33. The summed E-state index contributed by atoms with van der Waals surface area (Å²) >= 11 is 0. The lowest BCUT2D eigenvalue weighted by atomic mass is 9.96. The second-order valence-electron chi connectivity index (χ2n) is 5.25. The van der Waals surface area contributed by atoms with Gasteiger partial charge >= 0.3 is 11.7 Å². The number of carboxylic acid groups (broad SMARTS) is 1. The SMILES string of the molecule is O=Cc1cn([C@@H]2OC3C(O[C@H](C(=O)O)C[C@H]3O)[C@H]2O)c(=O)[nH]1. The minimum atomic E-state index is -1.37. The van der Waals surface area contributed by atoms with Gasteiger partial charge in [0, 0.05) is 12.6 Å². The smallest absolute Gasteiger partial charge is 0.332 e. The predicted octanol–water partition coefficient (Wildman–Crippen LogP) is -2.15. The Kier molecular flexibility index (Phi) is 3.60. The van der Waals surface area contributed by atoms with Crippen molar-refractivity contribution in [1.82, 2.24) is 9.55 Å². The molecule has 3 rings (SSSR count). The van der Waals surface area contributed by atoms with Crippen LogP contribution in [0.5, 0.6) is 0 Å². The van der Waals surface area contributed by atoms with Crippen molar-refractivity contribution < 1.29 is 34.4 Å². The van der Waals surface area contributed by atoms with Crippen LogP contribution in [0, 0.1) is 0 Å². The fraction of sp³-hybridized carbons (Fsp3) is 0.583. The molecule has 0 amide bonds. The van der Waals surface area contributed by atoms with E-state index in [9.17, 15) is 24.6 Å². The molecular weight excluding hydrogens is 300 g/mol. The number of rotatable bonds is 3. The number of imidazole rings is 1. The molecule has 2 saturated heterocycles. The number of aliphatic hydroxyl groups is 2. The summed E-state index contributed by atoms with van der Waals surface area (Å²) in [5.74, 6) is -1.25. The Hall–Kier alpha value is -2.01. The lowest BCUT2D eigenvalue weighted by Crippen LogP contribution is -2.51. The van der Waals surface area contributed by atoms with Crippen LogP contribution in [-0.4, -0.2) is 67.6 Å². The van der Waals surface area contributed by atoms with Gasteiger partial charge in [-0.2, -0.15) is 0 Å². The Morgan fingerprint density at radius 2 is 2.09 bits per heavy atom. The molecule has 0 aliphatic carbocycles. The van der Waals surface area contributed by atoms with E-state index in [1.54, 1.807) is 0 Å². The Balaban J connectivity index is 1.88. The first-order valence-electron chi connectivity index (χ1n) is 6.58. The van der Waals surface area contributed by atoms with Crippen LogP contribution in [0.1, 0.15) is 23.1 Å². The number of aromatic amines is 1. The van der Waals surface area contributed by atoms with Crippen LogP contribution in [0.15, 0.2) is 11.0 Å². The van der Waals surface area contributed by atoms with E-state index < -0.39 is 48.4 Å². The Morgan fingerprint density at radius 1 is 1.36 bits per heavy atom. The molecular formula is C12H14N2O8. The van der Waals surface area contributed by atoms with Gasteiger partial charge in [0.05, 0.1) is 11.8 Å². The van der Waals surface area contributed by atoms with Crippen molar-refractivity contribution in [1.29, 1.82) is 0 Å². The van der Waals surface area contributed by atoms with E-state index in [0.29, 0.717) is 6.29 Å². The molecule has 10 nitrogen and oxygen atoms in total. The van der Waals surface area contributed by atoms with E-state index in [1.165, 1.54) is 6.20 Å². The number of carbonyl (C=O) groups is 2. The van der Waals surface area contributed by atoms with Crippen molar-refractivity contribution in [2.75, 3.05) is 0 Å². The number of nitrogens with zero attached hydrogens (tertiary/aromatic N) is 1. The molecule has 0 bridgehead atoms. The zero-order chi connectivity index (χ0) is 16.0. The third-order valence-corrected chi connectivity index (χ3v) is 3.85. The van der Waals surface area contributed by atoms with Gasteiger partial charge < -0.3 is 29.8 Å². The van der Waals surface area contributed by atoms with Gasteiger partial charge in [0.25, 0.3) is 0 Å². The number of hydrogen-bond donors (Lipinski definition) is 4. The van der Waals surface area contributed by atoms with Gasteiger partial charge in [0.1, 0.15) is 18.3 Å². The van der Waals surface area contributed by atoms with Gasteiger partial charge in [-0.1, -0.05) is 0 Å². The summed E-state index contributed by atoms with van der Waals surface area (Å²) in [5, 5.41) is 29.2. The number of aldehydes is 1. The van der Waals surface area contributed by atoms with Crippen LogP contribution in [0.2, 0.25) is 0 Å². The molecule has 2 unspecified atom stereocenters. The molecule has 2 aliphatic rings. The highest BCUT2D eigenvalue weighted by atomic mass is 16.6. The molecule has 0 spiro atoms. The topological polar surface area (TPSA) is 151 Å². The van der Waals surface area contributed by atoms with Crippen LogP contribution >= 0.6 is 0 Å². The molecule has 1 aromatic rings. The number of nitrogens with one attached hydrogen (secondary N) is 1. The first kappa shape index (κ1) is 14.9. The molecule has 4 N–H and O–H groups in total. The second kappa shape index (κ2) is 5.32. The highest BCUT2D eigenvalue weighted by Gasteiger charge is 2.53. The van der Waals surface area contributed by atoms with E-state index >= 15 is 0 Å². The average molecular weight is 314 g/mol. The average Bonchev–Trinajstić information content (AvgIpc) is 3.00. The van der Waals surface area contributed by atoms with E-state index in [4.69, 9.17) is 14.6 Å². The molecule has 6 atom stereocenters. The molecule has 0 saturated carbocycles. The largest absolute Gasteiger partial charge is 0.479 e. The standard InChI is InChI=1S/C12H14N2O8/c15-3-4-2-14(12(20)13-4)10-7(17)9-8(22-10)5(16)1-6(21-9)11(18)19/h2-3,5-10,16-17H,1H2,(H,13,20)(H,18,19)/t5-,6+,7-,8?,9?,10-/m1/s1. The number of ether oxygens (including phenoxy) is 2. The summed E-state index contributed by atoms with van der Waals surface area (Å²) in [6, 6.07) is 0. The normalized spacial score (nSPS) is 37.7. The van der Waals surface area contributed by atoms with Crippen molar-refractivity contribution in [3.05, 3.63) is 22.4 Å². The zero-order valence-corrected chi connectivity index (χ0v) is 11.2. The summed E-state index contributed by atoms with van der Waals surface area (Å²) in [6.45, 7) is 0. The fourth-order valence-electron chi connectivity index (χ4n) is 2.81. The monoisotopic (exact) mass is 314 g/mol. The highest BCUT2D eigenvalue weighted by molar-refractivity contribution is 5.72. The van der Waals surface area contributed by atoms with Crippen LogP contribution in [0.3, 0.4) is 0 Å². The van der Waals surface area contributed by atoms with Gasteiger partial charge in [0.2, 0.25) is 0 Å². The van der Waals surface area contributed by atoms with E-state index in [0.717, 1.165) is 4.57 Å². The molecule has 10 heteroatoms. The van der Waals surface area contributed by atoms with Crippen molar-refractivity contribution >= 4 is 12.3 Å². The van der Waals surface area contributed by atoms with Crippen LogP contribution in [0.25, 0.3) is 0 Å².